The van der Waals surface area contributed by atoms with E-state index in [9.17, 15) is 18.0 Å². The molecule has 13 heteroatoms. The highest BCUT2D eigenvalue weighted by molar-refractivity contribution is 7.89. The zero-order valence-electron chi connectivity index (χ0n) is 16.3. The molecule has 3 rings (SSSR count). The maximum atomic E-state index is 12.3. The second-order valence-electron chi connectivity index (χ2n) is 6.17. The number of halogens is 1. The van der Waals surface area contributed by atoms with Gasteiger partial charge in [-0.25, -0.2) is 32.5 Å². The van der Waals surface area contributed by atoms with Gasteiger partial charge in [-0.15, -0.1) is 11.3 Å². The number of carbonyl (C=O) groups is 2. The zero-order chi connectivity index (χ0) is 22.6. The van der Waals surface area contributed by atoms with Crippen LogP contribution < -0.4 is 5.32 Å². The average molecular weight is 482 g/mol. The lowest BCUT2D eigenvalue weighted by molar-refractivity contribution is -0.119. The van der Waals surface area contributed by atoms with Gasteiger partial charge in [0, 0.05) is 37.6 Å². The molecule has 162 valence electrons. The van der Waals surface area contributed by atoms with Crippen LogP contribution >= 0.6 is 22.9 Å². The molecule has 0 bridgehead atoms. The molecule has 10 nitrogen and oxygen atoms in total. The first kappa shape index (κ1) is 22.7. The molecule has 1 amide bonds. The molecule has 3 aromatic rings. The highest BCUT2D eigenvalue weighted by atomic mass is 35.5. The number of rotatable bonds is 7. The fourth-order valence-corrected chi connectivity index (χ4v) is 4.39. The zero-order valence-corrected chi connectivity index (χ0v) is 18.7. The van der Waals surface area contributed by atoms with E-state index >= 15 is 0 Å². The summed E-state index contributed by atoms with van der Waals surface area (Å²) >= 11 is 7.14. The Morgan fingerprint density at radius 3 is 2.61 bits per heavy atom. The van der Waals surface area contributed by atoms with E-state index in [1.807, 2.05) is 0 Å². The number of amides is 1. The van der Waals surface area contributed by atoms with E-state index in [0.717, 1.165) is 15.6 Å². The maximum Gasteiger partial charge on any atom is 0.358 e. The summed E-state index contributed by atoms with van der Waals surface area (Å²) in [6, 6.07) is 5.67. The van der Waals surface area contributed by atoms with Crippen molar-refractivity contribution in [1.29, 1.82) is 0 Å². The van der Waals surface area contributed by atoms with Crippen molar-refractivity contribution in [3.05, 3.63) is 52.8 Å². The summed E-state index contributed by atoms with van der Waals surface area (Å²) in [6.07, 6.45) is 3.11. The van der Waals surface area contributed by atoms with Crippen molar-refractivity contribution in [2.45, 2.75) is 4.90 Å². The third kappa shape index (κ3) is 5.41. The molecule has 2 aromatic heterocycles. The van der Waals surface area contributed by atoms with Gasteiger partial charge < -0.3 is 10.1 Å². The topological polar surface area (TPSA) is 131 Å². The monoisotopic (exact) mass is 481 g/mol. The van der Waals surface area contributed by atoms with Crippen LogP contribution in [0.4, 0.5) is 5.69 Å². The van der Waals surface area contributed by atoms with Gasteiger partial charge in [0.15, 0.2) is 23.1 Å². The van der Waals surface area contributed by atoms with Crippen LogP contribution in [0.2, 0.25) is 5.02 Å². The van der Waals surface area contributed by atoms with Gasteiger partial charge in [0.05, 0.1) is 5.02 Å². The van der Waals surface area contributed by atoms with Gasteiger partial charge in [-0.3, -0.25) is 4.79 Å². The number of esters is 1. The number of nitrogens with zero attached hydrogens (tertiary/aromatic N) is 4. The lowest BCUT2D eigenvalue weighted by Gasteiger charge is -2.14. The predicted octanol–water partition coefficient (Wildman–Crippen LogP) is 2.30. The Bertz CT molecular complexity index is 1220. The third-order valence-electron chi connectivity index (χ3n) is 3.78. The van der Waals surface area contributed by atoms with Gasteiger partial charge in [-0.2, -0.15) is 0 Å². The average Bonchev–Trinajstić information content (AvgIpc) is 3.24. The minimum Gasteiger partial charge on any atom is -0.451 e. The summed E-state index contributed by atoms with van der Waals surface area (Å²) in [6.45, 7) is -0.591. The van der Waals surface area contributed by atoms with E-state index in [1.54, 1.807) is 18.5 Å². The minimum absolute atomic E-state index is 0.0138. The van der Waals surface area contributed by atoms with Crippen molar-refractivity contribution < 1.29 is 22.7 Å². The van der Waals surface area contributed by atoms with Crippen molar-refractivity contribution >= 4 is 50.5 Å². The SMILES string of the molecule is CN(C)S(=O)(=O)c1cc(NC(=O)COC(=O)c2csc(-c3ncccn3)n2)ccc1Cl. The van der Waals surface area contributed by atoms with Crippen LogP contribution in [0, 0.1) is 0 Å². The molecule has 0 radical (unpaired) electrons. The van der Waals surface area contributed by atoms with E-state index in [2.05, 4.69) is 20.3 Å². The van der Waals surface area contributed by atoms with Crippen molar-refractivity contribution in [2.75, 3.05) is 26.0 Å². The molecule has 1 N–H and O–H groups in total. The van der Waals surface area contributed by atoms with E-state index in [4.69, 9.17) is 16.3 Å². The molecule has 0 atom stereocenters. The Balaban J connectivity index is 1.62. The van der Waals surface area contributed by atoms with Gasteiger partial charge in [-0.1, -0.05) is 11.6 Å². The number of ether oxygens (including phenoxy) is 1. The summed E-state index contributed by atoms with van der Waals surface area (Å²) in [5, 5.41) is 4.39. The van der Waals surface area contributed by atoms with Crippen LogP contribution in [-0.2, 0) is 19.6 Å². The molecule has 0 fully saturated rings. The van der Waals surface area contributed by atoms with Crippen molar-refractivity contribution in [3.8, 4) is 10.8 Å². The number of hydrogen-bond donors (Lipinski definition) is 1. The second kappa shape index (κ2) is 9.47. The number of carbonyl (C=O) groups excluding carboxylic acids is 2. The molecule has 0 unspecified atom stereocenters. The molecule has 31 heavy (non-hydrogen) atoms. The van der Waals surface area contributed by atoms with Gasteiger partial charge in [0.2, 0.25) is 10.0 Å². The molecule has 0 aliphatic heterocycles. The van der Waals surface area contributed by atoms with E-state index in [0.29, 0.717) is 10.8 Å². The Labute approximate surface area is 186 Å². The van der Waals surface area contributed by atoms with Crippen LogP contribution in [0.1, 0.15) is 10.5 Å². The highest BCUT2D eigenvalue weighted by Crippen LogP contribution is 2.27. The molecule has 1 aromatic carbocycles. The Morgan fingerprint density at radius 2 is 1.94 bits per heavy atom. The Morgan fingerprint density at radius 1 is 1.23 bits per heavy atom. The molecule has 2 heterocycles. The molecule has 0 spiro atoms. The van der Waals surface area contributed by atoms with Gasteiger partial charge in [-0.05, 0) is 24.3 Å². The number of thiazole rings is 1. The van der Waals surface area contributed by atoms with Crippen molar-refractivity contribution in [3.63, 3.8) is 0 Å². The fourth-order valence-electron chi connectivity index (χ4n) is 2.26. The first-order chi connectivity index (χ1) is 14.7. The van der Waals surface area contributed by atoms with E-state index in [-0.39, 0.29) is 21.3 Å². The molecule has 0 aliphatic rings. The largest absolute Gasteiger partial charge is 0.451 e. The van der Waals surface area contributed by atoms with E-state index in [1.165, 1.54) is 37.7 Å². The van der Waals surface area contributed by atoms with Gasteiger partial charge >= 0.3 is 5.97 Å². The van der Waals surface area contributed by atoms with Crippen molar-refractivity contribution in [1.82, 2.24) is 19.3 Å². The Kier molecular flexibility index (Phi) is 6.95. The summed E-state index contributed by atoms with van der Waals surface area (Å²) in [4.78, 5) is 36.3. The smallest absolute Gasteiger partial charge is 0.358 e. The quantitative estimate of drug-likeness (QED) is 0.508. The number of benzene rings is 1. The fraction of sp³-hybridized carbons (Fsp3) is 0.167. The Hall–Kier alpha value is -2.93. The number of aromatic nitrogens is 3. The molecule has 0 saturated carbocycles. The van der Waals surface area contributed by atoms with Crippen molar-refractivity contribution in [2.24, 2.45) is 0 Å². The molecule has 0 aliphatic carbocycles. The number of sulfonamides is 1. The van der Waals surface area contributed by atoms with E-state index < -0.39 is 28.5 Å². The summed E-state index contributed by atoms with van der Waals surface area (Å²) < 4.78 is 30.6. The lowest BCUT2D eigenvalue weighted by atomic mass is 10.3. The van der Waals surface area contributed by atoms with Gasteiger partial charge in [0.1, 0.15) is 4.90 Å². The first-order valence-electron chi connectivity index (χ1n) is 8.60. The summed E-state index contributed by atoms with van der Waals surface area (Å²) in [5.74, 6) is -1.08. The normalized spacial score (nSPS) is 11.4. The maximum absolute atomic E-state index is 12.3. The highest BCUT2D eigenvalue weighted by Gasteiger charge is 2.22. The lowest BCUT2D eigenvalue weighted by Crippen LogP contribution is -2.23. The van der Waals surface area contributed by atoms with Crippen LogP contribution in [-0.4, -0.2) is 60.3 Å². The second-order valence-corrected chi connectivity index (χ2v) is 9.55. The van der Waals surface area contributed by atoms with Crippen LogP contribution in [0.15, 0.2) is 46.9 Å². The number of hydrogen-bond acceptors (Lipinski definition) is 9. The third-order valence-corrected chi connectivity index (χ3v) is 6.91. The predicted molar refractivity (Wildman–Crippen MR) is 114 cm³/mol. The molecular formula is C18H16ClN5O5S2. The standard InChI is InChI=1S/C18H16ClN5O5S2/c1-24(2)31(27,28)14-8-11(4-5-12(14)19)22-15(25)9-29-18(26)13-10-30-17(23-13)16-20-6-3-7-21-16/h3-8,10H,9H2,1-2H3,(H,22,25). The van der Waals surface area contributed by atoms with Crippen LogP contribution in [0.25, 0.3) is 10.8 Å². The first-order valence-corrected chi connectivity index (χ1v) is 11.3. The van der Waals surface area contributed by atoms with Crippen LogP contribution in [0.3, 0.4) is 0 Å². The summed E-state index contributed by atoms with van der Waals surface area (Å²) in [7, 11) is -1.07. The number of nitrogens with one attached hydrogen (secondary N) is 1. The van der Waals surface area contributed by atoms with Gasteiger partial charge in [0.25, 0.3) is 5.91 Å². The number of anilines is 1. The molecule has 0 saturated heterocycles. The summed E-state index contributed by atoms with van der Waals surface area (Å²) in [5.41, 5.74) is 0.203. The van der Waals surface area contributed by atoms with Crippen LogP contribution in [0.5, 0.6) is 0 Å². The molecular weight excluding hydrogens is 466 g/mol. The minimum atomic E-state index is -3.80.